The van der Waals surface area contributed by atoms with Crippen LogP contribution in [-0.4, -0.2) is 49.5 Å². The van der Waals surface area contributed by atoms with E-state index in [2.05, 4.69) is 38.8 Å². The summed E-state index contributed by atoms with van der Waals surface area (Å²) in [5.41, 5.74) is 2.60. The summed E-state index contributed by atoms with van der Waals surface area (Å²) in [6.07, 6.45) is -1.08. The van der Waals surface area contributed by atoms with E-state index in [4.69, 9.17) is 18.6 Å². The molecule has 0 aliphatic carbocycles. The van der Waals surface area contributed by atoms with Crippen molar-refractivity contribution in [3.63, 3.8) is 0 Å². The molecule has 0 aliphatic rings. The number of nitrogens with zero attached hydrogens (tertiary/aromatic N) is 1. The Labute approximate surface area is 284 Å². The molecule has 4 rings (SSSR count). The Kier molecular flexibility index (Phi) is 11.2. The fourth-order valence-corrected chi connectivity index (χ4v) is 6.20. The van der Waals surface area contributed by atoms with Crippen molar-refractivity contribution >= 4 is 31.3 Å². The fourth-order valence-electron chi connectivity index (χ4n) is 4.93. The van der Waals surface area contributed by atoms with Crippen molar-refractivity contribution in [3.8, 4) is 5.75 Å². The molecule has 0 aliphatic heterocycles. The van der Waals surface area contributed by atoms with Crippen LogP contribution >= 0.6 is 0 Å². The van der Waals surface area contributed by atoms with Crippen LogP contribution < -0.4 is 10.3 Å². The Morgan fingerprint density at radius 2 is 1.52 bits per heavy atom. The second-order valence-corrected chi connectivity index (χ2v) is 19.2. The molecule has 10 heteroatoms. The van der Waals surface area contributed by atoms with Crippen LogP contribution in [0.5, 0.6) is 5.75 Å². The third kappa shape index (κ3) is 9.35. The van der Waals surface area contributed by atoms with E-state index in [1.807, 2.05) is 63.2 Å². The highest BCUT2D eigenvalue weighted by atomic mass is 28.4. The molecular weight excluding hydrogens is 625 g/mol. The average molecular weight is 673 g/mol. The van der Waals surface area contributed by atoms with Crippen LogP contribution in [0.15, 0.2) is 83.7 Å². The molecule has 0 saturated carbocycles. The van der Waals surface area contributed by atoms with E-state index < -0.39 is 32.1 Å². The molecule has 0 fully saturated rings. The van der Waals surface area contributed by atoms with Crippen LogP contribution in [-0.2, 0) is 27.1 Å². The molecule has 48 heavy (non-hydrogen) atoms. The monoisotopic (exact) mass is 672 g/mol. The smallest absolute Gasteiger partial charge is 0.410 e. The Hall–Kier alpha value is -4.41. The first-order valence-electron chi connectivity index (χ1n) is 16.1. The second kappa shape index (κ2) is 14.8. The van der Waals surface area contributed by atoms with E-state index in [-0.39, 0.29) is 23.7 Å². The molecule has 1 atom stereocenters. The summed E-state index contributed by atoms with van der Waals surface area (Å²) in [6.45, 7) is 17.0. The van der Waals surface area contributed by atoms with E-state index in [0.717, 1.165) is 22.1 Å². The molecule has 0 spiro atoms. The van der Waals surface area contributed by atoms with Gasteiger partial charge >= 0.3 is 12.1 Å². The lowest BCUT2D eigenvalue weighted by Gasteiger charge is -2.41. The summed E-state index contributed by atoms with van der Waals surface area (Å²) in [6, 6.07) is 23.8. The van der Waals surface area contributed by atoms with Crippen molar-refractivity contribution in [2.24, 2.45) is 0 Å². The molecule has 256 valence electrons. The number of fused-ring (bicyclic) bond motifs is 1. The van der Waals surface area contributed by atoms with Crippen LogP contribution in [0.25, 0.3) is 10.9 Å². The molecule has 1 N–H and O–H groups in total. The van der Waals surface area contributed by atoms with Crippen molar-refractivity contribution in [3.05, 3.63) is 111 Å². The molecule has 0 saturated heterocycles. The molecule has 0 bridgehead atoms. The van der Waals surface area contributed by atoms with Gasteiger partial charge in [0.05, 0.1) is 30.8 Å². The highest BCUT2D eigenvalue weighted by Crippen LogP contribution is 2.42. The lowest BCUT2D eigenvalue weighted by molar-refractivity contribution is 0.0137. The molecule has 4 aromatic rings. The minimum atomic E-state index is -2.42. The number of pyridine rings is 1. The molecule has 0 radical (unpaired) electrons. The molecule has 1 heterocycles. The highest BCUT2D eigenvalue weighted by Gasteiger charge is 2.41. The van der Waals surface area contributed by atoms with Crippen LogP contribution in [0.3, 0.4) is 0 Å². The number of H-pyrrole nitrogens is 1. The number of carbonyl (C=O) groups is 2. The Balaban J connectivity index is 1.79. The van der Waals surface area contributed by atoms with E-state index in [9.17, 15) is 14.4 Å². The number of aromatic nitrogens is 1. The van der Waals surface area contributed by atoms with E-state index in [0.29, 0.717) is 23.4 Å². The molecule has 9 nitrogen and oxygen atoms in total. The molecular formula is C38H48N2O7Si. The largest absolute Gasteiger partial charge is 0.487 e. The number of rotatable bonds is 11. The zero-order valence-corrected chi connectivity index (χ0v) is 30.5. The van der Waals surface area contributed by atoms with Crippen molar-refractivity contribution in [2.45, 2.75) is 84.5 Å². The zero-order valence-electron chi connectivity index (χ0n) is 29.5. The molecule has 3 aromatic carbocycles. The predicted molar refractivity (Wildman–Crippen MR) is 191 cm³/mol. The number of nitrogens with one attached hydrogen (secondary N) is 1. The van der Waals surface area contributed by atoms with Gasteiger partial charge in [-0.1, -0.05) is 69.3 Å². The maximum absolute atomic E-state index is 13.8. The van der Waals surface area contributed by atoms with E-state index in [1.54, 1.807) is 35.2 Å². The number of aromatic amines is 1. The number of hydrogen-bond donors (Lipinski definition) is 1. The molecule has 1 unspecified atom stereocenters. The third-order valence-corrected chi connectivity index (χ3v) is 13.0. The van der Waals surface area contributed by atoms with Gasteiger partial charge in [0, 0.05) is 18.0 Å². The topological polar surface area (TPSA) is 107 Å². The van der Waals surface area contributed by atoms with Crippen molar-refractivity contribution < 1.29 is 28.2 Å². The van der Waals surface area contributed by atoms with Crippen molar-refractivity contribution in [1.82, 2.24) is 9.88 Å². The van der Waals surface area contributed by atoms with Gasteiger partial charge in [0.1, 0.15) is 18.0 Å². The van der Waals surface area contributed by atoms with Gasteiger partial charge in [-0.05, 0) is 79.9 Å². The minimum absolute atomic E-state index is 0.130. The normalized spacial score (nSPS) is 12.8. The lowest BCUT2D eigenvalue weighted by atomic mass is 10.0. The summed E-state index contributed by atoms with van der Waals surface area (Å²) in [7, 11) is -1.08. The number of amides is 1. The first kappa shape index (κ1) is 36.4. The number of benzene rings is 3. The number of esters is 1. The summed E-state index contributed by atoms with van der Waals surface area (Å²) >= 11 is 0. The first-order chi connectivity index (χ1) is 22.5. The highest BCUT2D eigenvalue weighted by molar-refractivity contribution is 6.74. The van der Waals surface area contributed by atoms with Crippen LogP contribution in [0.2, 0.25) is 18.1 Å². The molecule has 1 amide bonds. The van der Waals surface area contributed by atoms with Gasteiger partial charge in [-0.25, -0.2) is 9.59 Å². The fraction of sp³-hybridized carbons (Fsp3) is 0.395. The number of carbonyl (C=O) groups excluding carboxylic acids is 2. The van der Waals surface area contributed by atoms with Gasteiger partial charge in [0.25, 0.3) is 0 Å². The van der Waals surface area contributed by atoms with Crippen molar-refractivity contribution in [2.75, 3.05) is 13.7 Å². The maximum Gasteiger partial charge on any atom is 0.410 e. The summed E-state index contributed by atoms with van der Waals surface area (Å²) < 4.78 is 24.1. The number of methoxy groups -OCH3 is 1. The van der Waals surface area contributed by atoms with Crippen LogP contribution in [0, 0.1) is 0 Å². The standard InChI is InChI=1S/C38H48N2O7Si/c1-37(2,3)46-36(43)40(23-26-15-17-28(18-16-26)35(42)44-7)24-32(47-48(8,9)38(4,5)6)29-19-21-31(34-30(29)20-22-33(41)39-34)45-25-27-13-11-10-12-14-27/h10-22,32H,23-25H2,1-9H3,(H,39,41). The predicted octanol–water partition coefficient (Wildman–Crippen LogP) is 8.39. The number of hydrogen-bond acceptors (Lipinski definition) is 7. The van der Waals surface area contributed by atoms with Gasteiger partial charge in [0.15, 0.2) is 8.32 Å². The Bertz CT molecular complexity index is 1770. The van der Waals surface area contributed by atoms with Gasteiger partial charge < -0.3 is 28.5 Å². The van der Waals surface area contributed by atoms with Gasteiger partial charge in [-0.15, -0.1) is 0 Å². The lowest BCUT2D eigenvalue weighted by Crippen LogP contribution is -2.45. The van der Waals surface area contributed by atoms with Crippen molar-refractivity contribution in [1.29, 1.82) is 0 Å². The number of ether oxygens (including phenoxy) is 3. The summed E-state index contributed by atoms with van der Waals surface area (Å²) in [5.74, 6) is 0.102. The maximum atomic E-state index is 13.8. The zero-order chi connectivity index (χ0) is 35.3. The second-order valence-electron chi connectivity index (χ2n) is 14.5. The summed E-state index contributed by atoms with van der Waals surface area (Å²) in [4.78, 5) is 43.1. The third-order valence-electron chi connectivity index (χ3n) is 8.50. The quantitative estimate of drug-likeness (QED) is 0.126. The van der Waals surface area contributed by atoms with Gasteiger partial charge in [-0.2, -0.15) is 0 Å². The van der Waals surface area contributed by atoms with Gasteiger partial charge in [0.2, 0.25) is 5.56 Å². The van der Waals surface area contributed by atoms with Crippen LogP contribution in [0.4, 0.5) is 4.79 Å². The SMILES string of the molecule is COC(=O)c1ccc(CN(CC(O[Si](C)(C)C(C)(C)C)c2ccc(OCc3ccccc3)c3[nH]c(=O)ccc23)C(=O)OC(C)(C)C)cc1. The van der Waals surface area contributed by atoms with Crippen LogP contribution in [0.1, 0.15) is 74.7 Å². The summed E-state index contributed by atoms with van der Waals surface area (Å²) in [5, 5.41) is 0.629. The van der Waals surface area contributed by atoms with Gasteiger partial charge in [-0.3, -0.25) is 4.79 Å². The average Bonchev–Trinajstić information content (AvgIpc) is 3.01. The van der Waals surface area contributed by atoms with E-state index >= 15 is 0 Å². The molecule has 1 aromatic heterocycles. The Morgan fingerprint density at radius 1 is 0.854 bits per heavy atom. The van der Waals surface area contributed by atoms with E-state index in [1.165, 1.54) is 13.2 Å². The minimum Gasteiger partial charge on any atom is -0.487 e. The Morgan fingerprint density at radius 3 is 2.12 bits per heavy atom. The first-order valence-corrected chi connectivity index (χ1v) is 19.0.